The van der Waals surface area contributed by atoms with E-state index in [4.69, 9.17) is 19.7 Å². The van der Waals surface area contributed by atoms with E-state index in [0.717, 1.165) is 11.4 Å². The number of rotatable bonds is 10. The maximum absolute atomic E-state index is 11.3. The van der Waals surface area contributed by atoms with Crippen molar-refractivity contribution in [2.24, 2.45) is 0 Å². The van der Waals surface area contributed by atoms with Gasteiger partial charge in [-0.15, -0.1) is 0 Å². The monoisotopic (exact) mass is 584 g/mol. The van der Waals surface area contributed by atoms with Gasteiger partial charge in [0, 0.05) is 23.5 Å². The molecule has 2 N–H and O–H groups in total. The normalized spacial score (nSPS) is 12.3. The number of benzene rings is 4. The number of hydrogen-bond donors (Lipinski definition) is 2. The van der Waals surface area contributed by atoms with Gasteiger partial charge in [-0.3, -0.25) is 9.59 Å². The SMILES string of the molecule is O=C(O)CN(CC(=O)O)c1cccc(Oc2ccccc2)c1.O=C1CN(c2cccc(Oc3ccccc3)c2)CC(=O)O1. The molecule has 1 heterocycles. The van der Waals surface area contributed by atoms with Gasteiger partial charge in [0.25, 0.3) is 0 Å². The largest absolute Gasteiger partial charge is 0.480 e. The highest BCUT2D eigenvalue weighted by atomic mass is 16.6. The maximum atomic E-state index is 11.3. The Morgan fingerprint density at radius 1 is 0.651 bits per heavy atom. The van der Waals surface area contributed by atoms with Crippen LogP contribution in [-0.2, 0) is 23.9 Å². The van der Waals surface area contributed by atoms with Crippen molar-refractivity contribution in [2.75, 3.05) is 36.0 Å². The summed E-state index contributed by atoms with van der Waals surface area (Å²) in [5.41, 5.74) is 1.21. The topological polar surface area (TPSA) is 143 Å². The third-order valence-electron chi connectivity index (χ3n) is 5.84. The number of ether oxygens (including phenoxy) is 3. The highest BCUT2D eigenvalue weighted by molar-refractivity contribution is 5.94. The smallest absolute Gasteiger partial charge is 0.333 e. The molecule has 0 aromatic heterocycles. The van der Waals surface area contributed by atoms with Crippen molar-refractivity contribution in [1.29, 1.82) is 0 Å². The summed E-state index contributed by atoms with van der Waals surface area (Å²) in [6.07, 6.45) is 0. The quantitative estimate of drug-likeness (QED) is 0.196. The molecule has 0 bridgehead atoms. The molecule has 0 saturated carbocycles. The second-order valence-corrected chi connectivity index (χ2v) is 9.17. The molecule has 1 fully saturated rings. The van der Waals surface area contributed by atoms with Crippen LogP contribution in [0.25, 0.3) is 0 Å². The highest BCUT2D eigenvalue weighted by Crippen LogP contribution is 2.27. The molecule has 43 heavy (non-hydrogen) atoms. The zero-order valence-corrected chi connectivity index (χ0v) is 22.9. The summed E-state index contributed by atoms with van der Waals surface area (Å²) in [7, 11) is 0. The molecular formula is C32H28N2O9. The molecule has 1 saturated heterocycles. The van der Waals surface area contributed by atoms with Crippen LogP contribution in [-0.4, -0.2) is 60.3 Å². The Balaban J connectivity index is 0.000000197. The van der Waals surface area contributed by atoms with Crippen molar-refractivity contribution in [1.82, 2.24) is 0 Å². The van der Waals surface area contributed by atoms with Crippen LogP contribution < -0.4 is 19.3 Å². The summed E-state index contributed by atoms with van der Waals surface area (Å²) in [6.45, 7) is -0.691. The maximum Gasteiger partial charge on any atom is 0.333 e. The second-order valence-electron chi connectivity index (χ2n) is 9.17. The summed E-state index contributed by atoms with van der Waals surface area (Å²) in [5.74, 6) is -0.770. The zero-order chi connectivity index (χ0) is 30.6. The summed E-state index contributed by atoms with van der Waals surface area (Å²) in [6, 6.07) is 32.4. The fourth-order valence-electron chi connectivity index (χ4n) is 4.04. The summed E-state index contributed by atoms with van der Waals surface area (Å²) in [5, 5.41) is 17.8. The molecule has 5 rings (SSSR count). The van der Waals surface area contributed by atoms with Gasteiger partial charge in [-0.1, -0.05) is 48.5 Å². The number of carbonyl (C=O) groups is 4. The molecule has 1 aliphatic heterocycles. The van der Waals surface area contributed by atoms with E-state index in [1.807, 2.05) is 66.7 Å². The fraction of sp³-hybridized carbons (Fsp3) is 0.125. The Bertz CT molecular complexity index is 1530. The fourth-order valence-corrected chi connectivity index (χ4v) is 4.04. The van der Waals surface area contributed by atoms with Crippen LogP contribution in [0.5, 0.6) is 23.0 Å². The van der Waals surface area contributed by atoms with E-state index in [9.17, 15) is 19.2 Å². The third-order valence-corrected chi connectivity index (χ3v) is 5.84. The lowest BCUT2D eigenvalue weighted by molar-refractivity contribution is -0.160. The van der Waals surface area contributed by atoms with E-state index < -0.39 is 37.0 Å². The van der Waals surface area contributed by atoms with E-state index >= 15 is 0 Å². The lowest BCUT2D eigenvalue weighted by Gasteiger charge is -2.26. The highest BCUT2D eigenvalue weighted by Gasteiger charge is 2.25. The lowest BCUT2D eigenvalue weighted by Crippen LogP contribution is -2.42. The average molecular weight is 585 g/mol. The van der Waals surface area contributed by atoms with Gasteiger partial charge in [-0.05, 0) is 48.5 Å². The third kappa shape index (κ3) is 9.64. The standard InChI is InChI=1S/C16H15NO5.C16H13NO4/c18-15(19)10-17(11-16(20)21)12-5-4-8-14(9-12)22-13-6-2-1-3-7-13;18-15-10-17(11-16(19)21-15)12-5-4-8-14(9-12)20-13-6-2-1-3-7-13/h1-9H,10-11H2,(H,18,19)(H,20,21);1-9H,10-11H2. The van der Waals surface area contributed by atoms with E-state index in [-0.39, 0.29) is 13.1 Å². The number of carbonyl (C=O) groups excluding carboxylic acids is 2. The first-order chi connectivity index (χ1) is 20.7. The molecule has 220 valence electrons. The van der Waals surface area contributed by atoms with Crippen LogP contribution in [0.2, 0.25) is 0 Å². The van der Waals surface area contributed by atoms with Gasteiger partial charge in [0.2, 0.25) is 0 Å². The number of para-hydroxylation sites is 2. The number of anilines is 2. The van der Waals surface area contributed by atoms with Gasteiger partial charge in [-0.2, -0.15) is 0 Å². The Hall–Kier alpha value is -5.84. The number of hydrogen-bond acceptors (Lipinski definition) is 9. The molecule has 11 heteroatoms. The number of aliphatic carboxylic acids is 2. The Kier molecular flexibility index (Phi) is 10.3. The molecule has 4 aromatic carbocycles. The van der Waals surface area contributed by atoms with Crippen molar-refractivity contribution in [3.05, 3.63) is 109 Å². The van der Waals surface area contributed by atoms with Crippen molar-refractivity contribution in [2.45, 2.75) is 0 Å². The summed E-state index contributed by atoms with van der Waals surface area (Å²) in [4.78, 5) is 47.3. The van der Waals surface area contributed by atoms with Gasteiger partial charge in [0.1, 0.15) is 49.2 Å². The first kappa shape index (κ1) is 30.1. The number of carboxylic acids is 2. The van der Waals surface area contributed by atoms with Gasteiger partial charge in [-0.25, -0.2) is 9.59 Å². The van der Waals surface area contributed by atoms with Crippen LogP contribution in [0.1, 0.15) is 0 Å². The molecule has 0 atom stereocenters. The van der Waals surface area contributed by atoms with E-state index in [0.29, 0.717) is 22.9 Å². The van der Waals surface area contributed by atoms with Crippen LogP contribution in [0.15, 0.2) is 109 Å². The molecule has 4 aromatic rings. The Morgan fingerprint density at radius 2 is 1.12 bits per heavy atom. The molecule has 0 spiro atoms. The number of carboxylic acid groups (broad SMARTS) is 2. The second kappa shape index (κ2) is 14.7. The Morgan fingerprint density at radius 3 is 1.63 bits per heavy atom. The van der Waals surface area contributed by atoms with Crippen molar-refractivity contribution in [3.63, 3.8) is 0 Å². The van der Waals surface area contributed by atoms with Crippen molar-refractivity contribution in [3.8, 4) is 23.0 Å². The first-order valence-corrected chi connectivity index (χ1v) is 13.1. The predicted molar refractivity (Wildman–Crippen MR) is 157 cm³/mol. The summed E-state index contributed by atoms with van der Waals surface area (Å²) < 4.78 is 15.9. The van der Waals surface area contributed by atoms with Crippen LogP contribution in [0, 0.1) is 0 Å². The molecule has 0 radical (unpaired) electrons. The molecule has 0 aliphatic carbocycles. The van der Waals surface area contributed by atoms with Gasteiger partial charge >= 0.3 is 23.9 Å². The first-order valence-electron chi connectivity index (χ1n) is 13.1. The lowest BCUT2D eigenvalue weighted by atomic mass is 10.2. The molecule has 0 amide bonds. The molecule has 0 unspecified atom stereocenters. The zero-order valence-electron chi connectivity index (χ0n) is 22.9. The van der Waals surface area contributed by atoms with Gasteiger partial charge < -0.3 is 34.2 Å². The van der Waals surface area contributed by atoms with E-state index in [1.54, 1.807) is 47.4 Å². The average Bonchev–Trinajstić information content (AvgIpc) is 2.98. The molecule has 1 aliphatic rings. The summed E-state index contributed by atoms with van der Waals surface area (Å²) >= 11 is 0. The van der Waals surface area contributed by atoms with Gasteiger partial charge in [0.15, 0.2) is 0 Å². The van der Waals surface area contributed by atoms with Crippen molar-refractivity contribution >= 4 is 35.3 Å². The minimum atomic E-state index is -1.10. The van der Waals surface area contributed by atoms with E-state index in [1.165, 1.54) is 4.90 Å². The van der Waals surface area contributed by atoms with Crippen molar-refractivity contribution < 1.29 is 43.6 Å². The van der Waals surface area contributed by atoms with E-state index in [2.05, 4.69) is 4.74 Å². The van der Waals surface area contributed by atoms with Crippen LogP contribution >= 0.6 is 0 Å². The van der Waals surface area contributed by atoms with Crippen LogP contribution in [0.3, 0.4) is 0 Å². The number of nitrogens with zero attached hydrogens (tertiary/aromatic N) is 2. The number of morpholine rings is 1. The van der Waals surface area contributed by atoms with Crippen LogP contribution in [0.4, 0.5) is 11.4 Å². The minimum Gasteiger partial charge on any atom is -0.480 e. The van der Waals surface area contributed by atoms with Gasteiger partial charge in [0.05, 0.1) is 0 Å². The minimum absolute atomic E-state index is 0.0561. The predicted octanol–water partition coefficient (Wildman–Crippen LogP) is 4.82. The molecular weight excluding hydrogens is 556 g/mol. The molecule has 11 nitrogen and oxygen atoms in total. The Labute approximate surface area is 247 Å². The number of cyclic esters (lactones) is 2. The number of esters is 2.